The average Bonchev–Trinajstić information content (AvgIpc) is 2.28. The largest absolute Gasteiger partial charge is 1.00 e. The zero-order chi connectivity index (χ0) is 16.8. The molecule has 11 heteroatoms. The summed E-state index contributed by atoms with van der Waals surface area (Å²) >= 11 is 0. The van der Waals surface area contributed by atoms with E-state index in [9.17, 15) is 19.1 Å². The van der Waals surface area contributed by atoms with Crippen LogP contribution in [0.3, 0.4) is 0 Å². The maximum atomic E-state index is 11.2. The van der Waals surface area contributed by atoms with Gasteiger partial charge in [-0.2, -0.15) is 0 Å². The molecule has 0 saturated heterocycles. The first-order valence-electron chi connectivity index (χ1n) is 5.97. The molecule has 18 heavy (non-hydrogen) atoms. The van der Waals surface area contributed by atoms with E-state index >= 15 is 0 Å². The molecule has 0 aliphatic rings. The van der Waals surface area contributed by atoms with Crippen LogP contribution < -0.4 is 34.5 Å². The van der Waals surface area contributed by atoms with Crippen molar-refractivity contribution in [3.63, 3.8) is 0 Å². The summed E-state index contributed by atoms with van der Waals surface area (Å²) in [5, 5.41) is 5.70. The first-order chi connectivity index (χ1) is 9.22. The number of nitrogens with zero attached hydrogens (tertiary/aromatic N) is 1. The zero-order valence-corrected chi connectivity index (χ0v) is 12.9. The van der Waals surface area contributed by atoms with Crippen molar-refractivity contribution in [2.75, 3.05) is 0 Å². The average molecular weight is 310 g/mol. The molecule has 0 radical (unpaired) electrons. The number of rotatable bonds is 4. The molecule has 0 aliphatic carbocycles. The molecule has 1 aromatic rings. The molecular formula is C7H10NNaO7P2. The van der Waals surface area contributed by atoms with E-state index in [4.69, 9.17) is 20.2 Å². The Kier molecular flexibility index (Phi) is 4.22. The third-order valence-corrected chi connectivity index (χ3v) is 5.54. The minimum absolute atomic E-state index is 0. The van der Waals surface area contributed by atoms with Crippen LogP contribution in [-0.2, 0) is 15.6 Å². The monoisotopic (exact) mass is 310 g/mol. The minimum Gasteiger partial charge on any atom is -0.776 e. The SMILES string of the molecule is [2H]c1nc([2H])c(C[13C](O)(P(=O)([O-])O)P(=O)(O)O)c([2H])c1[2H].[Na+]. The molecule has 1 aromatic heterocycles. The fraction of sp³-hybridized carbons (Fsp3) is 0.286. The van der Waals surface area contributed by atoms with E-state index in [0.29, 0.717) is 0 Å². The van der Waals surface area contributed by atoms with Gasteiger partial charge in [-0.15, -0.1) is 0 Å². The molecule has 0 fully saturated rings. The van der Waals surface area contributed by atoms with Crippen LogP contribution in [-0.4, -0.2) is 29.9 Å². The molecule has 0 bridgehead atoms. The molecule has 2 unspecified atom stereocenters. The van der Waals surface area contributed by atoms with Gasteiger partial charge >= 0.3 is 37.2 Å². The van der Waals surface area contributed by atoms with Gasteiger partial charge in [-0.1, -0.05) is 6.04 Å². The fourth-order valence-electron chi connectivity index (χ4n) is 0.943. The quantitative estimate of drug-likeness (QED) is 0.249. The standard InChI is InChI=1S/C7H11NO7P2.Na/c9-7(16(10,11)12,17(13,14)15)4-6-2-1-3-8-5-6;/h1-3,5,9H,4H2,(H2,10,11,12)(H2,13,14,15);/q;+1/p-1/i1D,2D,3D,5D,7+1;. The number of hydrogen-bond acceptors (Lipinski definition) is 5. The van der Waals surface area contributed by atoms with Crippen molar-refractivity contribution in [2.24, 2.45) is 0 Å². The summed E-state index contributed by atoms with van der Waals surface area (Å²) in [6.45, 7) is 0. The van der Waals surface area contributed by atoms with Crippen LogP contribution in [0.25, 0.3) is 0 Å². The van der Waals surface area contributed by atoms with Crippen molar-refractivity contribution in [3.05, 3.63) is 30.0 Å². The number of aromatic nitrogens is 1. The summed E-state index contributed by atoms with van der Waals surface area (Å²) in [5.41, 5.74) is -0.799. The first-order valence-corrected chi connectivity index (χ1v) is 7.16. The van der Waals surface area contributed by atoms with Gasteiger partial charge in [-0.25, -0.2) is 0 Å². The van der Waals surface area contributed by atoms with E-state index in [1.54, 1.807) is 0 Å². The van der Waals surface area contributed by atoms with E-state index in [1.165, 1.54) is 0 Å². The van der Waals surface area contributed by atoms with Crippen LogP contribution in [0, 0.1) is 0 Å². The second-order valence-electron chi connectivity index (χ2n) is 3.08. The Morgan fingerprint density at radius 2 is 2.00 bits per heavy atom. The molecule has 0 aliphatic heterocycles. The molecule has 8 nitrogen and oxygen atoms in total. The first kappa shape index (κ1) is 12.2. The Labute approximate surface area is 130 Å². The van der Waals surface area contributed by atoms with Gasteiger partial charge in [0.15, 0.2) is 7.60 Å². The van der Waals surface area contributed by atoms with E-state index < -0.39 is 56.7 Å². The normalized spacial score (nSPS) is 21.4. The van der Waals surface area contributed by atoms with E-state index in [0.717, 1.165) is 0 Å². The molecule has 0 amide bonds. The Morgan fingerprint density at radius 1 is 1.44 bits per heavy atom. The summed E-state index contributed by atoms with van der Waals surface area (Å²) in [4.78, 5) is 41.0. The van der Waals surface area contributed by atoms with Crippen LogP contribution in [0.4, 0.5) is 0 Å². The summed E-state index contributed by atoms with van der Waals surface area (Å²) in [5.74, 6) is 0. The van der Waals surface area contributed by atoms with Gasteiger partial charge < -0.3 is 29.2 Å². The Morgan fingerprint density at radius 3 is 2.44 bits per heavy atom. The van der Waals surface area contributed by atoms with Crippen LogP contribution in [0.5, 0.6) is 0 Å². The maximum Gasteiger partial charge on any atom is 1.00 e. The van der Waals surface area contributed by atoms with Crippen molar-refractivity contribution < 1.29 is 68.9 Å². The Hall–Kier alpha value is 0.410. The second kappa shape index (κ2) is 6.24. The molecule has 0 saturated carbocycles. The summed E-state index contributed by atoms with van der Waals surface area (Å²) in [6, 6.07) is -1.73. The molecule has 4 N–H and O–H groups in total. The van der Waals surface area contributed by atoms with Gasteiger partial charge in [0.25, 0.3) is 0 Å². The molecule has 0 aromatic carbocycles. The van der Waals surface area contributed by atoms with Gasteiger partial charge in [0, 0.05) is 18.8 Å². The van der Waals surface area contributed by atoms with Crippen LogP contribution in [0.2, 0.25) is 0 Å². The molecule has 0 spiro atoms. The molecular weight excluding hydrogens is 296 g/mol. The van der Waals surface area contributed by atoms with Crippen molar-refractivity contribution in [1.82, 2.24) is 4.98 Å². The molecule has 2 atom stereocenters. The van der Waals surface area contributed by atoms with Gasteiger partial charge in [0.2, 0.25) is 5.08 Å². The van der Waals surface area contributed by atoms with Gasteiger partial charge in [-0.05, 0) is 11.6 Å². The Bertz CT molecular complexity index is 655. The van der Waals surface area contributed by atoms with Crippen LogP contribution in [0.15, 0.2) is 24.4 Å². The predicted molar refractivity (Wildman–Crippen MR) is 54.8 cm³/mol. The van der Waals surface area contributed by atoms with Gasteiger partial charge in [0.05, 0.1) is 5.48 Å². The van der Waals surface area contributed by atoms with Gasteiger partial charge in [0.1, 0.15) is 0 Å². The number of hydrogen-bond donors (Lipinski definition) is 4. The zero-order valence-electron chi connectivity index (χ0n) is 13.1. The third-order valence-electron chi connectivity index (χ3n) is 1.85. The molecule has 1 rings (SSSR count). The van der Waals surface area contributed by atoms with Crippen molar-refractivity contribution >= 4 is 15.2 Å². The third kappa shape index (κ3) is 3.95. The predicted octanol–water partition coefficient (Wildman–Crippen LogP) is -4.00. The van der Waals surface area contributed by atoms with Crippen LogP contribution in [0.1, 0.15) is 11.0 Å². The van der Waals surface area contributed by atoms with E-state index in [-0.39, 0.29) is 29.6 Å². The second-order valence-corrected chi connectivity index (χ2v) is 7.04. The topological polar surface area (TPSA) is 151 Å². The molecule has 1 heterocycles. The Balaban J connectivity index is 0.00000441. The van der Waals surface area contributed by atoms with Crippen LogP contribution >= 0.6 is 15.2 Å². The van der Waals surface area contributed by atoms with Crippen molar-refractivity contribution in [3.8, 4) is 0 Å². The summed E-state index contributed by atoms with van der Waals surface area (Å²) in [6.07, 6.45) is -3.21. The van der Waals surface area contributed by atoms with E-state index in [1.807, 2.05) is 0 Å². The molecule has 96 valence electrons. The summed E-state index contributed by atoms with van der Waals surface area (Å²) in [7, 11) is -11.8. The maximum absolute atomic E-state index is 11.2. The number of pyridine rings is 1. The van der Waals surface area contributed by atoms with Crippen molar-refractivity contribution in [1.29, 1.82) is 0 Å². The van der Waals surface area contributed by atoms with E-state index in [2.05, 4.69) is 4.98 Å². The number of aliphatic hydroxyl groups is 1. The summed E-state index contributed by atoms with van der Waals surface area (Å²) < 4.78 is 51.5. The smallest absolute Gasteiger partial charge is 0.776 e. The fourth-order valence-corrected chi connectivity index (χ4v) is 2.98. The van der Waals surface area contributed by atoms with Crippen molar-refractivity contribution in [2.45, 2.75) is 11.5 Å². The van der Waals surface area contributed by atoms with Gasteiger partial charge in [-0.3, -0.25) is 9.55 Å². The minimum atomic E-state index is -6.00.